The zero-order chi connectivity index (χ0) is 17.7. The number of ether oxygens (including phenoxy) is 2. The van der Waals surface area contributed by atoms with Gasteiger partial charge in [-0.25, -0.2) is 4.79 Å². The first kappa shape index (κ1) is 17.9. The van der Waals surface area contributed by atoms with Crippen molar-refractivity contribution in [3.05, 3.63) is 58.4 Å². The van der Waals surface area contributed by atoms with E-state index in [-0.39, 0.29) is 12.4 Å². The number of aryl methyl sites for hydroxylation is 1. The van der Waals surface area contributed by atoms with Gasteiger partial charge in [0.15, 0.2) is 6.61 Å². The minimum Gasteiger partial charge on any atom is -0.454 e. The van der Waals surface area contributed by atoms with E-state index in [2.05, 4.69) is 4.57 Å². The van der Waals surface area contributed by atoms with Crippen LogP contribution in [0.5, 0.6) is 0 Å². The van der Waals surface area contributed by atoms with Crippen LogP contribution in [0.1, 0.15) is 44.6 Å². The second-order valence-electron chi connectivity index (χ2n) is 5.66. The van der Waals surface area contributed by atoms with E-state index in [1.807, 2.05) is 32.9 Å². The molecular weight excluding hydrogens is 306 g/mol. The molecule has 0 aliphatic carbocycles. The molecule has 1 aromatic heterocycles. The summed E-state index contributed by atoms with van der Waals surface area (Å²) in [6, 6.07) is 8.84. The van der Waals surface area contributed by atoms with E-state index < -0.39 is 5.97 Å². The fraction of sp³-hybridized carbons (Fsp3) is 0.368. The summed E-state index contributed by atoms with van der Waals surface area (Å²) < 4.78 is 12.3. The number of hydrogen-bond acceptors (Lipinski definition) is 4. The monoisotopic (exact) mass is 329 g/mol. The fourth-order valence-electron chi connectivity index (χ4n) is 2.82. The van der Waals surface area contributed by atoms with Crippen molar-refractivity contribution in [1.29, 1.82) is 0 Å². The molecule has 0 fully saturated rings. The van der Waals surface area contributed by atoms with Crippen LogP contribution in [0.4, 0.5) is 0 Å². The van der Waals surface area contributed by atoms with Gasteiger partial charge in [-0.3, -0.25) is 4.79 Å². The molecule has 0 aliphatic heterocycles. The summed E-state index contributed by atoms with van der Waals surface area (Å²) in [5, 5.41) is 0. The average molecular weight is 329 g/mol. The van der Waals surface area contributed by atoms with Gasteiger partial charge in [-0.1, -0.05) is 12.1 Å². The lowest BCUT2D eigenvalue weighted by atomic mass is 10.1. The maximum atomic E-state index is 12.3. The van der Waals surface area contributed by atoms with Gasteiger partial charge in [0.1, 0.15) is 0 Å². The van der Waals surface area contributed by atoms with Crippen molar-refractivity contribution >= 4 is 11.8 Å². The molecule has 0 aliphatic rings. The van der Waals surface area contributed by atoms with Gasteiger partial charge in [-0.2, -0.15) is 0 Å². The summed E-state index contributed by atoms with van der Waals surface area (Å²) in [5.41, 5.74) is 3.83. The quantitative estimate of drug-likeness (QED) is 0.577. The molecule has 0 N–H and O–H groups in total. The van der Waals surface area contributed by atoms with Crippen LogP contribution in [0.15, 0.2) is 30.3 Å². The van der Waals surface area contributed by atoms with E-state index in [0.29, 0.717) is 17.7 Å². The number of benzene rings is 1. The van der Waals surface area contributed by atoms with Crippen LogP contribution >= 0.6 is 0 Å². The summed E-state index contributed by atoms with van der Waals surface area (Å²) >= 11 is 0. The zero-order valence-electron chi connectivity index (χ0n) is 14.6. The minimum absolute atomic E-state index is 0.191. The molecule has 128 valence electrons. The highest BCUT2D eigenvalue weighted by molar-refractivity contribution is 6.00. The topological polar surface area (TPSA) is 57.5 Å². The first-order valence-corrected chi connectivity index (χ1v) is 7.92. The SMILES string of the molecule is CCn1c(C)cc(C(=O)COC(=O)c2cccc(COC)c2)c1C. The van der Waals surface area contributed by atoms with Crippen LogP contribution in [0.25, 0.3) is 0 Å². The predicted molar refractivity (Wildman–Crippen MR) is 91.3 cm³/mol. The summed E-state index contributed by atoms with van der Waals surface area (Å²) in [7, 11) is 1.59. The third-order valence-electron chi connectivity index (χ3n) is 4.00. The van der Waals surface area contributed by atoms with Gasteiger partial charge in [-0.05, 0) is 44.5 Å². The van der Waals surface area contributed by atoms with Crippen molar-refractivity contribution < 1.29 is 19.1 Å². The van der Waals surface area contributed by atoms with Gasteiger partial charge in [0.25, 0.3) is 0 Å². The number of rotatable bonds is 7. The maximum Gasteiger partial charge on any atom is 0.338 e. The minimum atomic E-state index is -0.509. The highest BCUT2D eigenvalue weighted by atomic mass is 16.5. The van der Waals surface area contributed by atoms with E-state index in [0.717, 1.165) is 23.5 Å². The smallest absolute Gasteiger partial charge is 0.338 e. The summed E-state index contributed by atoms with van der Waals surface area (Å²) in [6.45, 7) is 6.85. The number of methoxy groups -OCH3 is 1. The van der Waals surface area contributed by atoms with Crippen molar-refractivity contribution in [2.45, 2.75) is 33.9 Å². The lowest BCUT2D eigenvalue weighted by Crippen LogP contribution is -2.15. The molecule has 0 saturated heterocycles. The Hall–Kier alpha value is -2.40. The maximum absolute atomic E-state index is 12.3. The van der Waals surface area contributed by atoms with Crippen LogP contribution < -0.4 is 0 Å². The largest absolute Gasteiger partial charge is 0.454 e. The summed E-state index contributed by atoms with van der Waals surface area (Å²) in [4.78, 5) is 24.5. The van der Waals surface area contributed by atoms with Gasteiger partial charge in [0.05, 0.1) is 12.2 Å². The predicted octanol–water partition coefficient (Wildman–Crippen LogP) is 3.31. The average Bonchev–Trinajstić information content (AvgIpc) is 2.87. The molecule has 5 heteroatoms. The van der Waals surface area contributed by atoms with Gasteiger partial charge < -0.3 is 14.0 Å². The molecule has 0 bridgehead atoms. The molecule has 0 amide bonds. The van der Waals surface area contributed by atoms with Gasteiger partial charge >= 0.3 is 5.97 Å². The van der Waals surface area contributed by atoms with Crippen LogP contribution in [0, 0.1) is 13.8 Å². The normalized spacial score (nSPS) is 10.7. The third-order valence-corrected chi connectivity index (χ3v) is 4.00. The zero-order valence-corrected chi connectivity index (χ0v) is 14.6. The second-order valence-corrected chi connectivity index (χ2v) is 5.66. The number of esters is 1. The van der Waals surface area contributed by atoms with Crippen molar-refractivity contribution in [2.75, 3.05) is 13.7 Å². The first-order valence-electron chi connectivity index (χ1n) is 7.92. The lowest BCUT2D eigenvalue weighted by molar-refractivity contribution is 0.0474. The fourth-order valence-corrected chi connectivity index (χ4v) is 2.82. The Morgan fingerprint density at radius 3 is 2.54 bits per heavy atom. The highest BCUT2D eigenvalue weighted by Crippen LogP contribution is 2.16. The van der Waals surface area contributed by atoms with E-state index >= 15 is 0 Å². The molecule has 0 radical (unpaired) electrons. The number of Topliss-reactive ketones (excluding diaryl/α,β-unsaturated/α-hetero) is 1. The third kappa shape index (κ3) is 3.92. The Morgan fingerprint density at radius 1 is 1.17 bits per heavy atom. The lowest BCUT2D eigenvalue weighted by Gasteiger charge is -2.07. The number of hydrogen-bond donors (Lipinski definition) is 0. The van der Waals surface area contributed by atoms with Crippen molar-refractivity contribution in [3.63, 3.8) is 0 Å². The van der Waals surface area contributed by atoms with Crippen molar-refractivity contribution in [2.24, 2.45) is 0 Å². The second kappa shape index (κ2) is 7.93. The molecule has 5 nitrogen and oxygen atoms in total. The summed E-state index contributed by atoms with van der Waals surface area (Å²) in [6.07, 6.45) is 0. The Labute approximate surface area is 142 Å². The molecule has 1 heterocycles. The number of ketones is 1. The molecule has 2 rings (SSSR count). The number of aromatic nitrogens is 1. The Bertz CT molecular complexity index is 746. The van der Waals surface area contributed by atoms with Gasteiger partial charge in [-0.15, -0.1) is 0 Å². The number of carbonyl (C=O) groups excluding carboxylic acids is 2. The highest BCUT2D eigenvalue weighted by Gasteiger charge is 2.17. The Morgan fingerprint density at radius 2 is 1.92 bits per heavy atom. The van der Waals surface area contributed by atoms with Crippen LogP contribution in [-0.2, 0) is 22.6 Å². The number of nitrogens with zero attached hydrogens (tertiary/aromatic N) is 1. The van der Waals surface area contributed by atoms with Gasteiger partial charge in [0, 0.05) is 30.6 Å². The molecule has 0 saturated carbocycles. The van der Waals surface area contributed by atoms with E-state index in [1.54, 1.807) is 25.3 Å². The van der Waals surface area contributed by atoms with Gasteiger partial charge in [0.2, 0.25) is 5.78 Å². The first-order chi connectivity index (χ1) is 11.5. The molecule has 0 spiro atoms. The molecular formula is C19H23NO4. The molecule has 0 atom stereocenters. The molecule has 2 aromatic rings. The van der Waals surface area contributed by atoms with E-state index in [9.17, 15) is 9.59 Å². The van der Waals surface area contributed by atoms with Crippen LogP contribution in [0.2, 0.25) is 0 Å². The number of carbonyl (C=O) groups is 2. The molecule has 0 unspecified atom stereocenters. The van der Waals surface area contributed by atoms with Crippen LogP contribution in [-0.4, -0.2) is 30.0 Å². The Kier molecular flexibility index (Phi) is 5.93. The standard InChI is InChI=1S/C19H23NO4/c1-5-20-13(2)9-17(14(20)3)18(21)12-24-19(22)16-8-6-7-15(10-16)11-23-4/h6-10H,5,11-12H2,1-4H3. The van der Waals surface area contributed by atoms with Crippen molar-refractivity contribution in [1.82, 2.24) is 4.57 Å². The Balaban J connectivity index is 2.04. The summed E-state index contributed by atoms with van der Waals surface area (Å²) in [5.74, 6) is -0.699. The van der Waals surface area contributed by atoms with E-state index in [4.69, 9.17) is 9.47 Å². The van der Waals surface area contributed by atoms with Crippen LogP contribution in [0.3, 0.4) is 0 Å². The van der Waals surface area contributed by atoms with Crippen molar-refractivity contribution in [3.8, 4) is 0 Å². The van der Waals surface area contributed by atoms with E-state index in [1.165, 1.54) is 0 Å². The molecule has 24 heavy (non-hydrogen) atoms. The molecule has 1 aromatic carbocycles.